The zero-order chi connectivity index (χ0) is 23.3. The van der Waals surface area contributed by atoms with Gasteiger partial charge in [0.1, 0.15) is 18.1 Å². The molecule has 2 N–H and O–H groups in total. The topological polar surface area (TPSA) is 132 Å². The van der Waals surface area contributed by atoms with Crippen LogP contribution in [0.3, 0.4) is 0 Å². The molecule has 2 aromatic carbocycles. The molecular weight excluding hydrogens is 446 g/mol. The molecule has 5 rings (SSSR count). The molecule has 0 bridgehead atoms. The van der Waals surface area contributed by atoms with Gasteiger partial charge in [-0.05, 0) is 55.5 Å². The van der Waals surface area contributed by atoms with E-state index in [1.807, 2.05) is 12.1 Å². The maximum absolute atomic E-state index is 13.0. The van der Waals surface area contributed by atoms with Gasteiger partial charge < -0.3 is 9.15 Å². The highest BCUT2D eigenvalue weighted by atomic mass is 32.2. The lowest BCUT2D eigenvalue weighted by molar-refractivity contribution is -0.114. The van der Waals surface area contributed by atoms with Gasteiger partial charge in [-0.3, -0.25) is 4.79 Å². The SMILES string of the molecule is CC1=NN(c2ccc(S(N)(=O)=O)cc2)C(=O)C1=Cc1ccc(-c2ccc3c(c2)C(=O)OC3)o1. The average molecular weight is 463 g/mol. The summed E-state index contributed by atoms with van der Waals surface area (Å²) in [6, 6.07) is 14.4. The van der Waals surface area contributed by atoms with E-state index < -0.39 is 10.0 Å². The largest absolute Gasteiger partial charge is 0.457 e. The number of ether oxygens (including phenoxy) is 1. The van der Waals surface area contributed by atoms with E-state index in [2.05, 4.69) is 5.10 Å². The summed E-state index contributed by atoms with van der Waals surface area (Å²) < 4.78 is 33.8. The number of primary sulfonamides is 1. The standard InChI is InChI=1S/C23H17N3O6S/c1-13-19(22(27)26(25-13)16-4-7-18(8-5-16)33(24,29)30)11-17-6-9-21(32-17)14-2-3-15-12-31-23(28)20(15)10-14/h2-11H,12H2,1H3,(H2,24,29,30). The molecule has 1 amide bonds. The fourth-order valence-corrected chi connectivity index (χ4v) is 4.15. The van der Waals surface area contributed by atoms with Crippen LogP contribution in [0.25, 0.3) is 17.4 Å². The first-order valence-electron chi connectivity index (χ1n) is 9.85. The van der Waals surface area contributed by atoms with Gasteiger partial charge in [0.25, 0.3) is 5.91 Å². The molecule has 166 valence electrons. The monoisotopic (exact) mass is 463 g/mol. The van der Waals surface area contributed by atoms with E-state index in [0.717, 1.165) is 11.1 Å². The summed E-state index contributed by atoms with van der Waals surface area (Å²) in [4.78, 5) is 24.7. The smallest absolute Gasteiger partial charge is 0.338 e. The number of nitrogens with zero attached hydrogens (tertiary/aromatic N) is 2. The van der Waals surface area contributed by atoms with Gasteiger partial charge in [-0.1, -0.05) is 12.1 Å². The highest BCUT2D eigenvalue weighted by Crippen LogP contribution is 2.30. The maximum Gasteiger partial charge on any atom is 0.338 e. The van der Waals surface area contributed by atoms with Crippen molar-refractivity contribution in [2.45, 2.75) is 18.4 Å². The number of fused-ring (bicyclic) bond motifs is 1. The number of nitrogens with two attached hydrogens (primary N) is 1. The third kappa shape index (κ3) is 3.75. The number of anilines is 1. The lowest BCUT2D eigenvalue weighted by Crippen LogP contribution is -2.21. The van der Waals surface area contributed by atoms with Gasteiger partial charge in [0.2, 0.25) is 10.0 Å². The Morgan fingerprint density at radius 3 is 2.55 bits per heavy atom. The van der Waals surface area contributed by atoms with Crippen LogP contribution in [0.4, 0.5) is 5.69 Å². The highest BCUT2D eigenvalue weighted by molar-refractivity contribution is 7.89. The molecule has 0 saturated heterocycles. The molecule has 0 aliphatic carbocycles. The number of furan rings is 1. The first-order valence-corrected chi connectivity index (χ1v) is 11.4. The minimum atomic E-state index is -3.83. The van der Waals surface area contributed by atoms with Gasteiger partial charge in [0, 0.05) is 11.1 Å². The summed E-state index contributed by atoms with van der Waals surface area (Å²) in [7, 11) is -3.83. The van der Waals surface area contributed by atoms with E-state index in [1.165, 1.54) is 29.3 Å². The van der Waals surface area contributed by atoms with Crippen molar-refractivity contribution in [3.63, 3.8) is 0 Å². The van der Waals surface area contributed by atoms with E-state index in [1.54, 1.807) is 31.2 Å². The van der Waals surface area contributed by atoms with Crippen LogP contribution in [-0.2, 0) is 26.2 Å². The van der Waals surface area contributed by atoms with E-state index in [4.69, 9.17) is 14.3 Å². The van der Waals surface area contributed by atoms with Crippen LogP contribution < -0.4 is 10.1 Å². The summed E-state index contributed by atoms with van der Waals surface area (Å²) in [6.45, 7) is 1.96. The van der Waals surface area contributed by atoms with Gasteiger partial charge >= 0.3 is 5.97 Å². The Kier molecular flexibility index (Phi) is 4.76. The molecule has 0 fully saturated rings. The summed E-state index contributed by atoms with van der Waals surface area (Å²) in [5.41, 5.74) is 3.29. The molecule has 10 heteroatoms. The van der Waals surface area contributed by atoms with Gasteiger partial charge in [-0.15, -0.1) is 0 Å². The minimum Gasteiger partial charge on any atom is -0.457 e. The quantitative estimate of drug-likeness (QED) is 0.467. The molecule has 2 aliphatic heterocycles. The maximum atomic E-state index is 13.0. The Morgan fingerprint density at radius 1 is 1.06 bits per heavy atom. The first-order chi connectivity index (χ1) is 15.7. The molecule has 2 aliphatic rings. The van der Waals surface area contributed by atoms with Crippen molar-refractivity contribution >= 4 is 39.4 Å². The van der Waals surface area contributed by atoms with Crippen LogP contribution in [0.1, 0.15) is 28.6 Å². The number of sulfonamides is 1. The van der Waals surface area contributed by atoms with Gasteiger partial charge in [0.15, 0.2) is 0 Å². The van der Waals surface area contributed by atoms with Gasteiger partial charge in [-0.25, -0.2) is 18.4 Å². The summed E-state index contributed by atoms with van der Waals surface area (Å²) in [5.74, 6) is 0.243. The highest BCUT2D eigenvalue weighted by Gasteiger charge is 2.29. The molecule has 3 aromatic rings. The number of hydrogen-bond donors (Lipinski definition) is 1. The molecule has 3 heterocycles. The first kappa shape index (κ1) is 20.9. The molecular formula is C23H17N3O6S. The number of hydrogen-bond acceptors (Lipinski definition) is 7. The van der Waals surface area contributed by atoms with Crippen LogP contribution >= 0.6 is 0 Å². The van der Waals surface area contributed by atoms with Crippen molar-refractivity contribution < 1.29 is 27.2 Å². The number of carbonyl (C=O) groups excluding carboxylic acids is 2. The second-order valence-electron chi connectivity index (χ2n) is 7.55. The van der Waals surface area contributed by atoms with Crippen LogP contribution in [0.2, 0.25) is 0 Å². The summed E-state index contributed by atoms with van der Waals surface area (Å²) in [6.07, 6.45) is 1.59. The fraction of sp³-hybridized carbons (Fsp3) is 0.0870. The molecule has 0 unspecified atom stereocenters. The number of esters is 1. The van der Waals surface area contributed by atoms with Crippen LogP contribution in [0, 0.1) is 0 Å². The normalized spacial score (nSPS) is 16.8. The Balaban J connectivity index is 1.40. The van der Waals surface area contributed by atoms with Crippen molar-refractivity contribution in [1.82, 2.24) is 0 Å². The Morgan fingerprint density at radius 2 is 1.82 bits per heavy atom. The van der Waals surface area contributed by atoms with E-state index >= 15 is 0 Å². The third-order valence-electron chi connectivity index (χ3n) is 5.36. The van der Waals surface area contributed by atoms with Crippen molar-refractivity contribution in [2.75, 3.05) is 5.01 Å². The van der Waals surface area contributed by atoms with Crippen molar-refractivity contribution in [1.29, 1.82) is 0 Å². The minimum absolute atomic E-state index is 0.0581. The summed E-state index contributed by atoms with van der Waals surface area (Å²) >= 11 is 0. The Hall–Kier alpha value is -4.02. The predicted molar refractivity (Wildman–Crippen MR) is 120 cm³/mol. The number of hydrazone groups is 1. The molecule has 1 aromatic heterocycles. The molecule has 0 atom stereocenters. The fourth-order valence-electron chi connectivity index (χ4n) is 3.63. The zero-order valence-corrected chi connectivity index (χ0v) is 18.1. The molecule has 0 spiro atoms. The van der Waals surface area contributed by atoms with Crippen molar-refractivity contribution in [3.05, 3.63) is 77.1 Å². The van der Waals surface area contributed by atoms with E-state index in [-0.39, 0.29) is 23.4 Å². The zero-order valence-electron chi connectivity index (χ0n) is 17.3. The Labute approximate surface area is 188 Å². The van der Waals surface area contributed by atoms with E-state index in [9.17, 15) is 18.0 Å². The predicted octanol–water partition coefficient (Wildman–Crippen LogP) is 3.07. The second kappa shape index (κ2) is 7.54. The van der Waals surface area contributed by atoms with Crippen LogP contribution in [-0.4, -0.2) is 26.0 Å². The molecule has 0 radical (unpaired) electrons. The van der Waals surface area contributed by atoms with E-state index in [0.29, 0.717) is 34.1 Å². The van der Waals surface area contributed by atoms with Crippen LogP contribution in [0.5, 0.6) is 0 Å². The van der Waals surface area contributed by atoms with Crippen molar-refractivity contribution in [3.8, 4) is 11.3 Å². The molecule has 0 saturated carbocycles. The number of amides is 1. The number of benzene rings is 2. The number of cyclic esters (lactones) is 1. The summed E-state index contributed by atoms with van der Waals surface area (Å²) in [5, 5.41) is 10.6. The Bertz CT molecular complexity index is 1480. The number of rotatable bonds is 4. The molecule has 9 nitrogen and oxygen atoms in total. The third-order valence-corrected chi connectivity index (χ3v) is 6.29. The average Bonchev–Trinajstić information content (AvgIpc) is 3.48. The van der Waals surface area contributed by atoms with Crippen LogP contribution in [0.15, 0.2) is 74.6 Å². The molecule has 33 heavy (non-hydrogen) atoms. The lowest BCUT2D eigenvalue weighted by atomic mass is 10.0. The number of carbonyl (C=O) groups is 2. The van der Waals surface area contributed by atoms with Gasteiger partial charge in [-0.2, -0.15) is 10.1 Å². The lowest BCUT2D eigenvalue weighted by Gasteiger charge is -2.11. The van der Waals surface area contributed by atoms with Gasteiger partial charge in [0.05, 0.1) is 27.4 Å². The second-order valence-corrected chi connectivity index (χ2v) is 9.11. The van der Waals surface area contributed by atoms with Crippen molar-refractivity contribution in [2.24, 2.45) is 10.2 Å².